The van der Waals surface area contributed by atoms with Crippen molar-refractivity contribution in [2.75, 3.05) is 32.8 Å². The third-order valence-electron chi connectivity index (χ3n) is 6.62. The van der Waals surface area contributed by atoms with Crippen molar-refractivity contribution in [1.29, 1.82) is 0 Å². The summed E-state index contributed by atoms with van der Waals surface area (Å²) in [6.07, 6.45) is 7.48. The lowest BCUT2D eigenvalue weighted by atomic mass is 9.84. The summed E-state index contributed by atoms with van der Waals surface area (Å²) in [5, 5.41) is 22.0. The minimum atomic E-state index is -4.33. The van der Waals surface area contributed by atoms with Gasteiger partial charge in [-0.05, 0) is 50.7 Å². The molecular weight excluding hydrogens is 456 g/mol. The lowest BCUT2D eigenvalue weighted by Gasteiger charge is -2.26. The molecule has 0 aromatic heterocycles. The number of carbonyl (C=O) groups excluding carboxylic acids is 1. The Morgan fingerprint density at radius 3 is 2.65 bits per heavy atom. The molecule has 0 radical (unpaired) electrons. The van der Waals surface area contributed by atoms with Gasteiger partial charge in [0.15, 0.2) is 0 Å². The van der Waals surface area contributed by atoms with Crippen molar-refractivity contribution in [2.45, 2.75) is 76.0 Å². The highest BCUT2D eigenvalue weighted by Gasteiger charge is 2.31. The third-order valence-corrected chi connectivity index (χ3v) is 8.11. The monoisotopic (exact) mass is 494 g/mol. The number of phenols is 2. The van der Waals surface area contributed by atoms with Gasteiger partial charge in [-0.1, -0.05) is 31.4 Å². The number of unbranched alkanes of at least 4 members (excludes halogenated alkanes) is 2. The summed E-state index contributed by atoms with van der Waals surface area (Å²) in [4.78, 5) is 14.3. The molecule has 8 nitrogen and oxygen atoms in total. The number of allylic oxidation sites excluding steroid dienone is 2. The molecule has 1 aliphatic heterocycles. The Balaban J connectivity index is 1.89. The van der Waals surface area contributed by atoms with Crippen molar-refractivity contribution in [3.63, 3.8) is 0 Å². The van der Waals surface area contributed by atoms with Crippen LogP contribution in [-0.4, -0.2) is 62.3 Å². The standard InChI is InChI=1S/C25H38N2O6S/c1-3-4-5-8-20-17-21(28)23(19-9-6-7-18(2)16-19)24(30)25(20)34(31,32)26-22(29)10-11-27-12-14-33-15-13-27/h16-17,19,28,30H,3-15H2,1-2H3,(H,26,29). The highest BCUT2D eigenvalue weighted by Crippen LogP contribution is 2.45. The van der Waals surface area contributed by atoms with Crippen molar-refractivity contribution in [3.8, 4) is 11.5 Å². The Hall–Kier alpha value is -2.10. The maximum atomic E-state index is 13.4. The summed E-state index contributed by atoms with van der Waals surface area (Å²) in [6.45, 7) is 7.08. The van der Waals surface area contributed by atoms with Crippen molar-refractivity contribution < 1.29 is 28.2 Å². The van der Waals surface area contributed by atoms with Crippen LogP contribution in [0.4, 0.5) is 0 Å². The van der Waals surface area contributed by atoms with Crippen molar-refractivity contribution >= 4 is 15.9 Å². The van der Waals surface area contributed by atoms with E-state index in [2.05, 4.69) is 9.62 Å². The fourth-order valence-corrected chi connectivity index (χ4v) is 6.17. The first-order valence-electron chi connectivity index (χ1n) is 12.3. The molecule has 34 heavy (non-hydrogen) atoms. The molecule has 1 fully saturated rings. The predicted octanol–water partition coefficient (Wildman–Crippen LogP) is 3.57. The number of aryl methyl sites for hydroxylation is 1. The van der Waals surface area contributed by atoms with E-state index in [1.807, 2.05) is 19.9 Å². The summed E-state index contributed by atoms with van der Waals surface area (Å²) in [5.74, 6) is -1.44. The number of morpholine rings is 1. The maximum absolute atomic E-state index is 13.4. The van der Waals surface area contributed by atoms with E-state index in [0.29, 0.717) is 57.7 Å². The molecule has 2 aliphatic rings. The lowest BCUT2D eigenvalue weighted by molar-refractivity contribution is -0.119. The van der Waals surface area contributed by atoms with E-state index in [1.54, 1.807) is 0 Å². The number of hydrogen-bond donors (Lipinski definition) is 3. The molecule has 9 heteroatoms. The summed E-state index contributed by atoms with van der Waals surface area (Å²) < 4.78 is 34.2. The number of rotatable bonds is 10. The largest absolute Gasteiger partial charge is 0.507 e. The number of aromatic hydroxyl groups is 2. The zero-order valence-electron chi connectivity index (χ0n) is 20.3. The van der Waals surface area contributed by atoms with Gasteiger partial charge in [0.1, 0.15) is 16.4 Å². The van der Waals surface area contributed by atoms with Crippen LogP contribution in [0.15, 0.2) is 22.6 Å². The summed E-state index contributed by atoms with van der Waals surface area (Å²) >= 11 is 0. The van der Waals surface area contributed by atoms with Crippen LogP contribution in [0.3, 0.4) is 0 Å². The third kappa shape index (κ3) is 6.73. The molecule has 3 N–H and O–H groups in total. The first kappa shape index (κ1) is 26.5. The van der Waals surface area contributed by atoms with Crippen LogP contribution in [0.25, 0.3) is 0 Å². The van der Waals surface area contributed by atoms with E-state index in [9.17, 15) is 23.4 Å². The number of amides is 1. The van der Waals surface area contributed by atoms with Crippen LogP contribution in [0.2, 0.25) is 0 Å². The number of hydrogen-bond acceptors (Lipinski definition) is 7. The van der Waals surface area contributed by atoms with Gasteiger partial charge in [-0.2, -0.15) is 0 Å². The summed E-state index contributed by atoms with van der Waals surface area (Å²) in [5.41, 5.74) is 1.69. The molecular formula is C25H38N2O6S. The molecule has 1 aromatic rings. The average molecular weight is 495 g/mol. The fraction of sp³-hybridized carbons (Fsp3) is 0.640. The molecule has 3 rings (SSSR count). The Kier molecular flexibility index (Phi) is 9.39. The van der Waals surface area contributed by atoms with Gasteiger partial charge in [-0.3, -0.25) is 9.69 Å². The smallest absolute Gasteiger partial charge is 0.268 e. The number of nitrogens with zero attached hydrogens (tertiary/aromatic N) is 1. The van der Waals surface area contributed by atoms with Crippen molar-refractivity contribution in [1.82, 2.24) is 9.62 Å². The first-order chi connectivity index (χ1) is 16.2. The van der Waals surface area contributed by atoms with Crippen LogP contribution in [0.1, 0.15) is 75.8 Å². The second-order valence-corrected chi connectivity index (χ2v) is 11.0. The number of ether oxygens (including phenoxy) is 1. The van der Waals surface area contributed by atoms with E-state index in [1.165, 1.54) is 6.07 Å². The maximum Gasteiger partial charge on any atom is 0.268 e. The van der Waals surface area contributed by atoms with Crippen LogP contribution in [-0.2, 0) is 26.0 Å². The summed E-state index contributed by atoms with van der Waals surface area (Å²) in [7, 11) is -4.33. The van der Waals surface area contributed by atoms with Gasteiger partial charge in [0.25, 0.3) is 10.0 Å². The second kappa shape index (κ2) is 12.0. The van der Waals surface area contributed by atoms with Crippen LogP contribution >= 0.6 is 0 Å². The fourth-order valence-electron chi connectivity index (χ4n) is 4.80. The minimum absolute atomic E-state index is 0.0284. The van der Waals surface area contributed by atoms with E-state index in [-0.39, 0.29) is 28.5 Å². The van der Waals surface area contributed by atoms with E-state index >= 15 is 0 Å². The molecule has 0 saturated carbocycles. The Bertz CT molecular complexity index is 999. The van der Waals surface area contributed by atoms with E-state index in [0.717, 1.165) is 31.3 Å². The lowest BCUT2D eigenvalue weighted by Crippen LogP contribution is -2.39. The predicted molar refractivity (Wildman–Crippen MR) is 131 cm³/mol. The zero-order valence-corrected chi connectivity index (χ0v) is 21.1. The molecule has 0 bridgehead atoms. The van der Waals surface area contributed by atoms with Gasteiger partial charge >= 0.3 is 0 Å². The number of benzene rings is 1. The van der Waals surface area contributed by atoms with Crippen LogP contribution in [0, 0.1) is 0 Å². The molecule has 1 atom stereocenters. The quantitative estimate of drug-likeness (QED) is 0.336. The molecule has 1 aromatic carbocycles. The number of carbonyl (C=O) groups is 1. The normalized spacial score (nSPS) is 19.6. The molecule has 1 amide bonds. The Morgan fingerprint density at radius 1 is 1.24 bits per heavy atom. The van der Waals surface area contributed by atoms with E-state index in [4.69, 9.17) is 4.74 Å². The zero-order chi connectivity index (χ0) is 24.7. The first-order valence-corrected chi connectivity index (χ1v) is 13.8. The Labute approximate surface area is 203 Å². The van der Waals surface area contributed by atoms with Crippen molar-refractivity contribution in [3.05, 3.63) is 28.8 Å². The topological polar surface area (TPSA) is 116 Å². The molecule has 1 saturated heterocycles. The van der Waals surface area contributed by atoms with Gasteiger partial charge in [-0.15, -0.1) is 0 Å². The molecule has 0 spiro atoms. The van der Waals surface area contributed by atoms with Crippen LogP contribution in [0.5, 0.6) is 11.5 Å². The molecule has 1 heterocycles. The van der Waals surface area contributed by atoms with Gasteiger partial charge in [-0.25, -0.2) is 13.1 Å². The van der Waals surface area contributed by atoms with Gasteiger partial charge < -0.3 is 14.9 Å². The molecule has 1 aliphatic carbocycles. The molecule has 1 unspecified atom stereocenters. The number of nitrogens with one attached hydrogen (secondary N) is 1. The Morgan fingerprint density at radius 2 is 1.97 bits per heavy atom. The number of phenolic OH excluding ortho intramolecular Hbond substituents is 2. The van der Waals surface area contributed by atoms with E-state index < -0.39 is 21.7 Å². The SMILES string of the molecule is CCCCCc1cc(O)c(C2C=C(C)CCC2)c(O)c1S(=O)(=O)NC(=O)CCN1CCOCC1. The highest BCUT2D eigenvalue weighted by molar-refractivity contribution is 7.90. The number of sulfonamides is 1. The average Bonchev–Trinajstić information content (AvgIpc) is 2.78. The van der Waals surface area contributed by atoms with Crippen LogP contribution < -0.4 is 4.72 Å². The second-order valence-electron chi connectivity index (χ2n) is 9.35. The summed E-state index contributed by atoms with van der Waals surface area (Å²) in [6, 6.07) is 1.45. The van der Waals surface area contributed by atoms with Crippen molar-refractivity contribution in [2.24, 2.45) is 0 Å². The van der Waals surface area contributed by atoms with Gasteiger partial charge in [0.05, 0.1) is 13.2 Å². The van der Waals surface area contributed by atoms with Gasteiger partial charge in [0, 0.05) is 37.5 Å². The van der Waals surface area contributed by atoms with Gasteiger partial charge in [0.2, 0.25) is 5.91 Å². The molecule has 190 valence electrons. The highest BCUT2D eigenvalue weighted by atomic mass is 32.2. The minimum Gasteiger partial charge on any atom is -0.507 e.